The molecule has 1 fully saturated rings. The third-order valence-electron chi connectivity index (χ3n) is 4.18. The molecule has 0 aromatic heterocycles. The van der Waals surface area contributed by atoms with Gasteiger partial charge in [-0.15, -0.1) is 0 Å². The topological polar surface area (TPSA) is 74.8 Å². The van der Waals surface area contributed by atoms with Gasteiger partial charge in [0.05, 0.1) is 22.9 Å². The number of halogens is 2. The Kier molecular flexibility index (Phi) is 6.68. The number of nitrogens with zero attached hydrogens (tertiary/aromatic N) is 1. The lowest BCUT2D eigenvalue weighted by atomic mass is 10.0. The summed E-state index contributed by atoms with van der Waals surface area (Å²) in [5.74, 6) is 0.587. The van der Waals surface area contributed by atoms with Crippen LogP contribution in [0.15, 0.2) is 47.6 Å². The van der Waals surface area contributed by atoms with Gasteiger partial charge in [0.1, 0.15) is 11.8 Å². The van der Waals surface area contributed by atoms with E-state index in [0.717, 1.165) is 11.3 Å². The van der Waals surface area contributed by atoms with Gasteiger partial charge in [0, 0.05) is 11.6 Å². The van der Waals surface area contributed by atoms with Gasteiger partial charge >= 0.3 is 0 Å². The predicted molar refractivity (Wildman–Crippen MR) is 107 cm³/mol. The number of hydrazine groups is 1. The Bertz CT molecular complexity index is 807. The standard InChI is InChI=1S/C19H20Cl2N4O2/c1-2-27-13-8-6-12(7-9-13)17-10-18(24-23-17)19(26)25-22-11-14-15(20)4-3-5-16(14)21/h3-9,11,17-18,23-24H,2,10H2,1H3,(H,25,26)/b22-11+. The summed E-state index contributed by atoms with van der Waals surface area (Å²) in [5, 5.41) is 4.90. The molecule has 1 saturated heterocycles. The van der Waals surface area contributed by atoms with E-state index < -0.39 is 6.04 Å². The average Bonchev–Trinajstić information content (AvgIpc) is 3.15. The molecule has 142 valence electrons. The van der Waals surface area contributed by atoms with Gasteiger partial charge in [-0.2, -0.15) is 5.10 Å². The number of hydrogen-bond donors (Lipinski definition) is 3. The normalized spacial score (nSPS) is 19.4. The van der Waals surface area contributed by atoms with Crippen LogP contribution < -0.4 is 21.0 Å². The van der Waals surface area contributed by atoms with Crippen LogP contribution in [-0.4, -0.2) is 24.8 Å². The Morgan fingerprint density at radius 3 is 2.59 bits per heavy atom. The van der Waals surface area contributed by atoms with Crippen molar-refractivity contribution in [3.8, 4) is 5.75 Å². The zero-order valence-corrected chi connectivity index (χ0v) is 16.2. The molecule has 3 N–H and O–H groups in total. The first-order valence-electron chi connectivity index (χ1n) is 8.59. The van der Waals surface area contributed by atoms with Gasteiger partial charge in [-0.25, -0.2) is 16.3 Å². The van der Waals surface area contributed by atoms with E-state index in [9.17, 15) is 4.79 Å². The number of hydrogen-bond acceptors (Lipinski definition) is 5. The van der Waals surface area contributed by atoms with E-state index in [-0.39, 0.29) is 11.9 Å². The van der Waals surface area contributed by atoms with Gasteiger partial charge in [-0.1, -0.05) is 41.4 Å². The number of benzene rings is 2. The lowest BCUT2D eigenvalue weighted by Gasteiger charge is -2.10. The molecule has 8 heteroatoms. The fraction of sp³-hybridized carbons (Fsp3) is 0.263. The van der Waals surface area contributed by atoms with Crippen molar-refractivity contribution in [3.05, 3.63) is 63.6 Å². The molecule has 1 aliphatic heterocycles. The van der Waals surface area contributed by atoms with Crippen LogP contribution in [0.3, 0.4) is 0 Å². The quantitative estimate of drug-likeness (QED) is 0.507. The molecule has 2 unspecified atom stereocenters. The lowest BCUT2D eigenvalue weighted by molar-refractivity contribution is -0.122. The Balaban J connectivity index is 1.55. The first kappa shape index (κ1) is 19.6. The summed E-state index contributed by atoms with van der Waals surface area (Å²) in [4.78, 5) is 12.3. The van der Waals surface area contributed by atoms with Crippen LogP contribution in [0.5, 0.6) is 5.75 Å². The molecule has 0 spiro atoms. The SMILES string of the molecule is CCOc1ccc(C2CC(C(=O)N/N=C/c3c(Cl)cccc3Cl)NN2)cc1. The zero-order chi connectivity index (χ0) is 19.2. The van der Waals surface area contributed by atoms with Crippen molar-refractivity contribution in [2.75, 3.05) is 6.61 Å². The fourth-order valence-electron chi connectivity index (χ4n) is 2.78. The molecule has 1 amide bonds. The molecule has 27 heavy (non-hydrogen) atoms. The summed E-state index contributed by atoms with van der Waals surface area (Å²) in [5.41, 5.74) is 10.3. The van der Waals surface area contributed by atoms with E-state index in [4.69, 9.17) is 27.9 Å². The third kappa shape index (κ3) is 4.99. The molecule has 2 aromatic carbocycles. The highest BCUT2D eigenvalue weighted by Gasteiger charge is 2.30. The molecule has 0 bridgehead atoms. The van der Waals surface area contributed by atoms with E-state index in [0.29, 0.717) is 28.6 Å². The van der Waals surface area contributed by atoms with Crippen LogP contribution in [0.25, 0.3) is 0 Å². The van der Waals surface area contributed by atoms with Gasteiger partial charge in [0.25, 0.3) is 5.91 Å². The van der Waals surface area contributed by atoms with Crippen molar-refractivity contribution in [1.82, 2.24) is 16.3 Å². The second kappa shape index (κ2) is 9.19. The maximum absolute atomic E-state index is 12.3. The summed E-state index contributed by atoms with van der Waals surface area (Å²) in [6, 6.07) is 12.6. The highest BCUT2D eigenvalue weighted by Crippen LogP contribution is 2.25. The first-order chi connectivity index (χ1) is 13.1. The van der Waals surface area contributed by atoms with Crippen molar-refractivity contribution in [2.45, 2.75) is 25.4 Å². The maximum atomic E-state index is 12.3. The molecular formula is C19H20Cl2N4O2. The smallest absolute Gasteiger partial charge is 0.258 e. The Morgan fingerprint density at radius 1 is 1.22 bits per heavy atom. The Hall–Kier alpha value is -2.12. The second-order valence-electron chi connectivity index (χ2n) is 6.00. The number of nitrogens with one attached hydrogen (secondary N) is 3. The minimum Gasteiger partial charge on any atom is -0.494 e. The number of ether oxygens (including phenoxy) is 1. The van der Waals surface area contributed by atoms with Crippen molar-refractivity contribution >= 4 is 35.3 Å². The largest absolute Gasteiger partial charge is 0.494 e. The van der Waals surface area contributed by atoms with Gasteiger partial charge in [-0.05, 0) is 43.2 Å². The van der Waals surface area contributed by atoms with Crippen LogP contribution in [0.2, 0.25) is 10.0 Å². The minimum atomic E-state index is -0.402. The van der Waals surface area contributed by atoms with Crippen LogP contribution >= 0.6 is 23.2 Å². The van der Waals surface area contributed by atoms with Crippen molar-refractivity contribution in [1.29, 1.82) is 0 Å². The molecule has 1 aliphatic rings. The number of amides is 1. The summed E-state index contributed by atoms with van der Waals surface area (Å²) >= 11 is 12.1. The minimum absolute atomic E-state index is 0.0263. The molecule has 2 aromatic rings. The molecule has 1 heterocycles. The van der Waals surface area contributed by atoms with E-state index in [1.54, 1.807) is 18.2 Å². The van der Waals surface area contributed by atoms with Gasteiger partial charge < -0.3 is 4.74 Å². The van der Waals surface area contributed by atoms with E-state index in [2.05, 4.69) is 21.4 Å². The zero-order valence-electron chi connectivity index (χ0n) is 14.7. The molecule has 0 radical (unpaired) electrons. The molecule has 3 rings (SSSR count). The highest BCUT2D eigenvalue weighted by molar-refractivity contribution is 6.38. The maximum Gasteiger partial charge on any atom is 0.258 e. The predicted octanol–water partition coefficient (Wildman–Crippen LogP) is 3.45. The van der Waals surface area contributed by atoms with Crippen LogP contribution in [0, 0.1) is 0 Å². The summed E-state index contributed by atoms with van der Waals surface area (Å²) in [6.45, 7) is 2.58. The third-order valence-corrected chi connectivity index (χ3v) is 4.84. The number of carbonyl (C=O) groups is 1. The van der Waals surface area contributed by atoms with E-state index in [1.807, 2.05) is 31.2 Å². The van der Waals surface area contributed by atoms with Crippen LogP contribution in [-0.2, 0) is 4.79 Å². The molecule has 0 aliphatic carbocycles. The molecule has 2 atom stereocenters. The fourth-order valence-corrected chi connectivity index (χ4v) is 3.28. The Labute approximate surface area is 167 Å². The molecule has 6 nitrogen and oxygen atoms in total. The van der Waals surface area contributed by atoms with Gasteiger partial charge in [0.2, 0.25) is 0 Å². The summed E-state index contributed by atoms with van der Waals surface area (Å²) in [7, 11) is 0. The monoisotopic (exact) mass is 406 g/mol. The first-order valence-corrected chi connectivity index (χ1v) is 9.34. The van der Waals surface area contributed by atoms with Gasteiger partial charge in [0.15, 0.2) is 0 Å². The molecule has 0 saturated carbocycles. The van der Waals surface area contributed by atoms with E-state index >= 15 is 0 Å². The number of carbonyl (C=O) groups excluding carboxylic acids is 1. The van der Waals surface area contributed by atoms with Crippen LogP contribution in [0.4, 0.5) is 0 Å². The highest BCUT2D eigenvalue weighted by atomic mass is 35.5. The van der Waals surface area contributed by atoms with E-state index in [1.165, 1.54) is 6.21 Å². The molecular weight excluding hydrogens is 387 g/mol. The summed E-state index contributed by atoms with van der Waals surface area (Å²) < 4.78 is 5.45. The van der Waals surface area contributed by atoms with Crippen molar-refractivity contribution < 1.29 is 9.53 Å². The second-order valence-corrected chi connectivity index (χ2v) is 6.82. The number of hydrazone groups is 1. The lowest BCUT2D eigenvalue weighted by Crippen LogP contribution is -2.41. The van der Waals surface area contributed by atoms with Crippen molar-refractivity contribution in [3.63, 3.8) is 0 Å². The Morgan fingerprint density at radius 2 is 1.93 bits per heavy atom. The summed E-state index contributed by atoms with van der Waals surface area (Å²) in [6.07, 6.45) is 2.04. The van der Waals surface area contributed by atoms with Crippen molar-refractivity contribution in [2.24, 2.45) is 5.10 Å². The average molecular weight is 407 g/mol. The van der Waals surface area contributed by atoms with Gasteiger partial charge in [-0.3, -0.25) is 4.79 Å². The number of rotatable bonds is 6. The van der Waals surface area contributed by atoms with Crippen LogP contribution in [0.1, 0.15) is 30.5 Å².